The van der Waals surface area contributed by atoms with Crippen LogP contribution in [0, 0.1) is 18.8 Å². The molecule has 2 fully saturated rings. The van der Waals surface area contributed by atoms with Crippen LogP contribution in [-0.2, 0) is 6.42 Å². The van der Waals surface area contributed by atoms with Gasteiger partial charge in [-0.1, -0.05) is 0 Å². The maximum atomic E-state index is 5.47. The summed E-state index contributed by atoms with van der Waals surface area (Å²) in [4.78, 5) is 16.3. The highest BCUT2D eigenvalue weighted by Crippen LogP contribution is 2.64. The average molecular weight is 401 g/mol. The smallest absolute Gasteiger partial charge is 0.161 e. The number of hydrogen-bond acceptors (Lipinski definition) is 4. The Morgan fingerprint density at radius 2 is 1.90 bits per heavy atom. The van der Waals surface area contributed by atoms with Gasteiger partial charge in [-0.3, -0.25) is 0 Å². The summed E-state index contributed by atoms with van der Waals surface area (Å²) in [6.45, 7) is 3.04. The molecule has 30 heavy (non-hydrogen) atoms. The summed E-state index contributed by atoms with van der Waals surface area (Å²) >= 11 is 0. The van der Waals surface area contributed by atoms with Gasteiger partial charge in [-0.15, -0.1) is 0 Å². The molecule has 7 rings (SSSR count). The summed E-state index contributed by atoms with van der Waals surface area (Å²) in [6.07, 6.45) is 7.71. The summed E-state index contributed by atoms with van der Waals surface area (Å²) < 4.78 is 5.47. The average Bonchev–Trinajstić information content (AvgIpc) is 3.06. The number of aromatic nitrogens is 3. The van der Waals surface area contributed by atoms with Crippen LogP contribution in [0.25, 0.3) is 11.0 Å². The van der Waals surface area contributed by atoms with Crippen molar-refractivity contribution in [3.63, 3.8) is 0 Å². The largest absolute Gasteiger partial charge is 0.497 e. The molecule has 154 valence electrons. The van der Waals surface area contributed by atoms with Gasteiger partial charge in [0.1, 0.15) is 17.1 Å². The van der Waals surface area contributed by atoms with Gasteiger partial charge >= 0.3 is 0 Å². The van der Waals surface area contributed by atoms with Gasteiger partial charge < -0.3 is 14.6 Å². The molecular weight excluding hydrogens is 372 g/mol. The number of nitrogens with one attached hydrogen (secondary N) is 1. The summed E-state index contributed by atoms with van der Waals surface area (Å²) in [7, 11) is 1.74. The second-order valence-electron chi connectivity index (χ2n) is 9.72. The van der Waals surface area contributed by atoms with Crippen molar-refractivity contribution in [2.24, 2.45) is 11.8 Å². The van der Waals surface area contributed by atoms with Gasteiger partial charge in [-0.05, 0) is 87.0 Å². The van der Waals surface area contributed by atoms with Gasteiger partial charge in [0.25, 0.3) is 0 Å². The van der Waals surface area contributed by atoms with Crippen LogP contribution < -0.4 is 9.64 Å². The Balaban J connectivity index is 1.43. The van der Waals surface area contributed by atoms with Crippen molar-refractivity contribution in [1.29, 1.82) is 0 Å². The molecule has 0 radical (unpaired) electrons. The zero-order valence-electron chi connectivity index (χ0n) is 17.7. The molecule has 3 aromatic rings. The van der Waals surface area contributed by atoms with Gasteiger partial charge in [-0.2, -0.15) is 0 Å². The molecule has 4 aliphatic rings. The van der Waals surface area contributed by atoms with Crippen molar-refractivity contribution < 1.29 is 4.74 Å². The molecule has 2 saturated carbocycles. The number of ether oxygens (including phenoxy) is 1. The number of aromatic amines is 1. The minimum absolute atomic E-state index is 0.718. The van der Waals surface area contributed by atoms with Crippen LogP contribution in [0.15, 0.2) is 18.2 Å². The number of fused-ring (bicyclic) bond motifs is 9. The van der Waals surface area contributed by atoms with Crippen LogP contribution in [0.2, 0.25) is 0 Å². The van der Waals surface area contributed by atoms with Crippen molar-refractivity contribution in [2.45, 2.75) is 57.3 Å². The Hall–Kier alpha value is -2.56. The van der Waals surface area contributed by atoms with Crippen LogP contribution >= 0.6 is 0 Å². The fraction of sp³-hybridized carbons (Fsp3) is 0.520. The molecular formula is C25H28N4O. The van der Waals surface area contributed by atoms with Crippen LogP contribution in [-0.4, -0.2) is 28.6 Å². The third-order valence-electron chi connectivity index (χ3n) is 8.41. The number of methoxy groups -OCH3 is 1. The lowest BCUT2D eigenvalue weighted by Crippen LogP contribution is -2.43. The summed E-state index contributed by atoms with van der Waals surface area (Å²) in [5.41, 5.74) is 8.01. The van der Waals surface area contributed by atoms with E-state index in [-0.39, 0.29) is 0 Å². The Morgan fingerprint density at radius 1 is 1.07 bits per heavy atom. The minimum Gasteiger partial charge on any atom is -0.497 e. The molecule has 0 amide bonds. The van der Waals surface area contributed by atoms with E-state index in [1.807, 2.05) is 0 Å². The van der Waals surface area contributed by atoms with Crippen LogP contribution in [0.5, 0.6) is 5.75 Å². The molecule has 4 atom stereocenters. The molecule has 0 spiro atoms. The van der Waals surface area contributed by atoms with Crippen LogP contribution in [0.4, 0.5) is 11.5 Å². The van der Waals surface area contributed by atoms with E-state index in [0.29, 0.717) is 0 Å². The van der Waals surface area contributed by atoms with Gasteiger partial charge in [-0.25, -0.2) is 9.97 Å². The molecule has 2 unspecified atom stereocenters. The minimum atomic E-state index is 0.718. The van der Waals surface area contributed by atoms with E-state index in [0.717, 1.165) is 66.0 Å². The molecule has 0 saturated heterocycles. The van der Waals surface area contributed by atoms with Crippen LogP contribution in [0.3, 0.4) is 0 Å². The third kappa shape index (κ3) is 2.13. The van der Waals surface area contributed by atoms with Crippen molar-refractivity contribution in [1.82, 2.24) is 15.0 Å². The third-order valence-corrected chi connectivity index (χ3v) is 8.41. The number of anilines is 2. The Bertz CT molecular complexity index is 1180. The Morgan fingerprint density at radius 3 is 2.67 bits per heavy atom. The molecule has 1 aliphatic heterocycles. The first-order chi connectivity index (χ1) is 14.7. The van der Waals surface area contributed by atoms with E-state index in [4.69, 9.17) is 14.7 Å². The highest BCUT2D eigenvalue weighted by atomic mass is 16.5. The zero-order chi connectivity index (χ0) is 20.0. The first-order valence-corrected chi connectivity index (χ1v) is 11.6. The molecule has 5 heteroatoms. The second-order valence-corrected chi connectivity index (χ2v) is 9.72. The van der Waals surface area contributed by atoms with Gasteiger partial charge in [0.05, 0.1) is 12.6 Å². The molecule has 1 aromatic carbocycles. The van der Waals surface area contributed by atoms with E-state index in [2.05, 4.69) is 35.0 Å². The van der Waals surface area contributed by atoms with Crippen LogP contribution in [0.1, 0.15) is 66.6 Å². The lowest BCUT2D eigenvalue weighted by Gasteiger charge is -2.54. The fourth-order valence-electron chi connectivity index (χ4n) is 6.77. The van der Waals surface area contributed by atoms with E-state index in [1.54, 1.807) is 12.7 Å². The lowest BCUT2D eigenvalue weighted by molar-refractivity contribution is 0.0555. The Kier molecular flexibility index (Phi) is 3.43. The van der Waals surface area contributed by atoms with E-state index in [1.165, 1.54) is 48.1 Å². The topological polar surface area (TPSA) is 54.0 Å². The van der Waals surface area contributed by atoms with Gasteiger partial charge in [0.15, 0.2) is 5.82 Å². The summed E-state index contributed by atoms with van der Waals surface area (Å²) in [5, 5.41) is 0. The molecule has 3 heterocycles. The first kappa shape index (κ1) is 17.2. The van der Waals surface area contributed by atoms with Crippen molar-refractivity contribution in [3.05, 3.63) is 40.8 Å². The summed E-state index contributed by atoms with van der Waals surface area (Å²) in [6, 6.07) is 6.45. The Labute approximate surface area is 176 Å². The summed E-state index contributed by atoms with van der Waals surface area (Å²) in [5.74, 6) is 6.12. The fourth-order valence-corrected chi connectivity index (χ4v) is 6.77. The standard InChI is InChI=1S/C25H28N4O/c1-13-26-23-21-18-8-6-16(18)17-7-9-19(17)22(21)28-24(23)25(27-13)29-11-3-4-14-12-15(30-2)5-10-20(14)29/h5,10,12,16-19,28H,3-4,6-9,11H2,1-2H3/t16?,17-,18+,19?/m0/s1. The monoisotopic (exact) mass is 400 g/mol. The molecule has 3 aliphatic carbocycles. The van der Waals surface area contributed by atoms with Gasteiger partial charge in [0, 0.05) is 29.4 Å². The van der Waals surface area contributed by atoms with E-state index >= 15 is 0 Å². The maximum Gasteiger partial charge on any atom is 0.161 e. The molecule has 1 N–H and O–H groups in total. The number of rotatable bonds is 2. The highest BCUT2D eigenvalue weighted by Gasteiger charge is 2.52. The predicted octanol–water partition coefficient (Wildman–Crippen LogP) is 5.36. The number of benzene rings is 1. The SMILES string of the molecule is COc1ccc2c(c1)CCCN2c1nc(C)nc2c3c([nH]c12)C1CC[C@H]1C1CC[C@@H]31. The quantitative estimate of drug-likeness (QED) is 0.629. The second kappa shape index (κ2) is 5.99. The number of aryl methyl sites for hydroxylation is 2. The van der Waals surface area contributed by atoms with Crippen molar-refractivity contribution in [3.8, 4) is 5.75 Å². The molecule has 0 bridgehead atoms. The van der Waals surface area contributed by atoms with E-state index < -0.39 is 0 Å². The maximum absolute atomic E-state index is 5.47. The first-order valence-electron chi connectivity index (χ1n) is 11.6. The zero-order valence-corrected chi connectivity index (χ0v) is 17.7. The lowest BCUT2D eigenvalue weighted by atomic mass is 9.50. The number of hydrogen-bond donors (Lipinski definition) is 1. The van der Waals surface area contributed by atoms with Crippen molar-refractivity contribution in [2.75, 3.05) is 18.6 Å². The predicted molar refractivity (Wildman–Crippen MR) is 118 cm³/mol. The normalized spacial score (nSPS) is 28.7. The van der Waals surface area contributed by atoms with Crippen molar-refractivity contribution >= 4 is 22.5 Å². The molecule has 2 aromatic heterocycles. The van der Waals surface area contributed by atoms with Gasteiger partial charge in [0.2, 0.25) is 0 Å². The molecule has 5 nitrogen and oxygen atoms in total. The number of H-pyrrole nitrogens is 1. The van der Waals surface area contributed by atoms with E-state index in [9.17, 15) is 0 Å². The highest BCUT2D eigenvalue weighted by molar-refractivity contribution is 5.93. The number of nitrogens with zero attached hydrogens (tertiary/aromatic N) is 3.